The van der Waals surface area contributed by atoms with Crippen LogP contribution in [0.5, 0.6) is 0 Å². The monoisotopic (exact) mass is 311 g/mol. The molecule has 0 unspecified atom stereocenters. The number of benzene rings is 1. The largest absolute Gasteiger partial charge is 0.494 e. The van der Waals surface area contributed by atoms with Crippen LogP contribution in [0.3, 0.4) is 0 Å². The van der Waals surface area contributed by atoms with E-state index in [0.717, 1.165) is 11.0 Å². The number of ether oxygens (including phenoxy) is 2. The van der Waals surface area contributed by atoms with E-state index in [2.05, 4.69) is 11.3 Å². The van der Waals surface area contributed by atoms with Gasteiger partial charge in [0.25, 0.3) is 0 Å². The summed E-state index contributed by atoms with van der Waals surface area (Å²) in [7, 11) is 2.40. The van der Waals surface area contributed by atoms with E-state index in [0.29, 0.717) is 0 Å². The van der Waals surface area contributed by atoms with E-state index in [1.165, 1.54) is 20.2 Å². The van der Waals surface area contributed by atoms with Crippen molar-refractivity contribution in [1.29, 1.82) is 0 Å². The van der Waals surface area contributed by atoms with Gasteiger partial charge in [0.05, 0.1) is 30.5 Å². The van der Waals surface area contributed by atoms with E-state index in [9.17, 15) is 18.4 Å². The van der Waals surface area contributed by atoms with Crippen molar-refractivity contribution in [2.45, 2.75) is 12.8 Å². The molecule has 0 aromatic heterocycles. The predicted molar refractivity (Wildman–Crippen MR) is 75.7 cm³/mol. The smallest absolute Gasteiger partial charge is 0.352 e. The summed E-state index contributed by atoms with van der Waals surface area (Å²) in [6.45, 7) is 5.58. The second-order valence-electron chi connectivity index (χ2n) is 4.70. The fraction of sp³-hybridized carbons (Fsp3) is 0.333. The van der Waals surface area contributed by atoms with Crippen LogP contribution in [0.1, 0.15) is 28.4 Å². The van der Waals surface area contributed by atoms with E-state index in [-0.39, 0.29) is 29.2 Å². The number of amides is 1. The van der Waals surface area contributed by atoms with Crippen LogP contribution in [0.25, 0.3) is 5.76 Å². The van der Waals surface area contributed by atoms with Crippen molar-refractivity contribution in [3.05, 3.63) is 35.4 Å². The molecule has 0 bridgehead atoms. The van der Waals surface area contributed by atoms with Crippen LogP contribution in [-0.2, 0) is 20.2 Å². The highest BCUT2D eigenvalue weighted by Crippen LogP contribution is 2.45. The van der Waals surface area contributed by atoms with Gasteiger partial charge in [-0.05, 0) is 19.1 Å². The first-order chi connectivity index (χ1) is 10.3. The van der Waals surface area contributed by atoms with Crippen LogP contribution < -0.4 is 4.90 Å². The number of rotatable bonds is 4. The fourth-order valence-corrected chi connectivity index (χ4v) is 2.31. The molecule has 0 fully saturated rings. The molecule has 1 aliphatic heterocycles. The zero-order valence-corrected chi connectivity index (χ0v) is 12.4. The van der Waals surface area contributed by atoms with E-state index in [4.69, 9.17) is 4.74 Å². The highest BCUT2D eigenvalue weighted by atomic mass is 19.3. The molecule has 118 valence electrons. The zero-order valence-electron chi connectivity index (χ0n) is 12.4. The minimum atomic E-state index is -3.65. The molecule has 22 heavy (non-hydrogen) atoms. The second-order valence-corrected chi connectivity index (χ2v) is 4.70. The van der Waals surface area contributed by atoms with Gasteiger partial charge in [-0.3, -0.25) is 4.79 Å². The molecule has 1 amide bonds. The molecule has 0 saturated carbocycles. The summed E-state index contributed by atoms with van der Waals surface area (Å²) < 4.78 is 37.9. The lowest BCUT2D eigenvalue weighted by atomic mass is 9.99. The third-order valence-corrected chi connectivity index (χ3v) is 3.43. The van der Waals surface area contributed by atoms with Gasteiger partial charge in [-0.25, -0.2) is 4.79 Å². The Labute approximate surface area is 126 Å². The normalized spacial score (nSPS) is 15.5. The van der Waals surface area contributed by atoms with Crippen LogP contribution in [0.15, 0.2) is 18.7 Å². The van der Waals surface area contributed by atoms with Gasteiger partial charge in [-0.2, -0.15) is 8.78 Å². The van der Waals surface area contributed by atoms with E-state index in [1.807, 2.05) is 0 Å². The molecule has 1 aliphatic rings. The van der Waals surface area contributed by atoms with Gasteiger partial charge in [-0.1, -0.05) is 6.58 Å². The van der Waals surface area contributed by atoms with Crippen molar-refractivity contribution in [3.8, 4) is 0 Å². The Bertz CT molecular complexity index is 670. The Morgan fingerprint density at radius 2 is 2.00 bits per heavy atom. The van der Waals surface area contributed by atoms with Crippen molar-refractivity contribution < 1.29 is 27.8 Å². The van der Waals surface area contributed by atoms with E-state index >= 15 is 0 Å². The summed E-state index contributed by atoms with van der Waals surface area (Å²) in [4.78, 5) is 24.3. The van der Waals surface area contributed by atoms with Crippen LogP contribution in [0, 0.1) is 0 Å². The Morgan fingerprint density at radius 1 is 1.36 bits per heavy atom. The quantitative estimate of drug-likeness (QED) is 0.633. The van der Waals surface area contributed by atoms with Crippen molar-refractivity contribution in [2.24, 2.45) is 0 Å². The van der Waals surface area contributed by atoms with Gasteiger partial charge < -0.3 is 14.4 Å². The van der Waals surface area contributed by atoms with Gasteiger partial charge in [0, 0.05) is 12.6 Å². The number of hydrogen-bond acceptors (Lipinski definition) is 4. The molecule has 2 rings (SSSR count). The Hall–Kier alpha value is -2.44. The number of hydrogen-bond donors (Lipinski definition) is 0. The van der Waals surface area contributed by atoms with E-state index < -0.39 is 23.4 Å². The van der Waals surface area contributed by atoms with Crippen molar-refractivity contribution in [2.75, 3.05) is 25.7 Å². The maximum absolute atomic E-state index is 14.0. The van der Waals surface area contributed by atoms with Gasteiger partial charge in [0.15, 0.2) is 0 Å². The maximum atomic E-state index is 14.0. The maximum Gasteiger partial charge on any atom is 0.352 e. The molecule has 0 atom stereocenters. The number of fused-ring (bicyclic) bond motifs is 1. The van der Waals surface area contributed by atoms with Gasteiger partial charge in [0.1, 0.15) is 5.76 Å². The molecule has 1 aromatic rings. The third kappa shape index (κ3) is 2.22. The first kappa shape index (κ1) is 15.9. The number of methoxy groups -OCH3 is 1. The summed E-state index contributed by atoms with van der Waals surface area (Å²) in [5, 5.41) is 0. The Morgan fingerprint density at radius 3 is 2.55 bits per heavy atom. The predicted octanol–water partition coefficient (Wildman–Crippen LogP) is 2.55. The van der Waals surface area contributed by atoms with Crippen LogP contribution in [0.4, 0.5) is 14.5 Å². The number of carbonyl (C=O) groups is 2. The fourth-order valence-electron chi connectivity index (χ4n) is 2.31. The van der Waals surface area contributed by atoms with Gasteiger partial charge in [0.2, 0.25) is 0 Å². The average molecular weight is 311 g/mol. The lowest BCUT2D eigenvalue weighted by Gasteiger charge is -2.15. The average Bonchev–Trinajstić information content (AvgIpc) is 2.66. The molecular formula is C15H15F2NO4. The van der Waals surface area contributed by atoms with Crippen molar-refractivity contribution in [3.63, 3.8) is 0 Å². The molecule has 7 heteroatoms. The third-order valence-electron chi connectivity index (χ3n) is 3.43. The van der Waals surface area contributed by atoms with Gasteiger partial charge in [-0.15, -0.1) is 0 Å². The summed E-state index contributed by atoms with van der Waals surface area (Å²) in [5.74, 6) is -5.67. The lowest BCUT2D eigenvalue weighted by Crippen LogP contribution is -2.31. The van der Waals surface area contributed by atoms with E-state index in [1.54, 1.807) is 6.92 Å². The summed E-state index contributed by atoms with van der Waals surface area (Å²) in [5.41, 5.74) is -0.431. The summed E-state index contributed by atoms with van der Waals surface area (Å²) in [6, 6.07) is 2.25. The number of esters is 1. The molecule has 0 saturated heterocycles. The molecule has 0 radical (unpaired) electrons. The first-order valence-electron chi connectivity index (χ1n) is 6.50. The highest BCUT2D eigenvalue weighted by molar-refractivity contribution is 6.07. The summed E-state index contributed by atoms with van der Waals surface area (Å²) >= 11 is 0. The standard InChI is InChI=1S/C15H15F2NO4/c1-5-22-8(2)9-6-11-12(7-10(9)13(19)21-4)18(3)14(20)15(11,16)17/h6-7H,2,5H2,1,3-4H3. The molecule has 5 nitrogen and oxygen atoms in total. The zero-order chi connectivity index (χ0) is 16.7. The van der Waals surface area contributed by atoms with Crippen LogP contribution >= 0.6 is 0 Å². The SMILES string of the molecule is C=C(OCC)c1cc2c(cc1C(=O)OC)N(C)C(=O)C2(F)F. The first-order valence-corrected chi connectivity index (χ1v) is 6.50. The summed E-state index contributed by atoms with van der Waals surface area (Å²) in [6.07, 6.45) is 0. The van der Waals surface area contributed by atoms with Crippen molar-refractivity contribution >= 4 is 23.3 Å². The van der Waals surface area contributed by atoms with Gasteiger partial charge >= 0.3 is 17.8 Å². The molecule has 0 N–H and O–H groups in total. The second kappa shape index (κ2) is 5.40. The minimum absolute atomic E-state index is 0.0112. The number of halogens is 2. The Kier molecular flexibility index (Phi) is 3.91. The number of carbonyl (C=O) groups excluding carboxylic acids is 2. The lowest BCUT2D eigenvalue weighted by molar-refractivity contribution is -0.141. The minimum Gasteiger partial charge on any atom is -0.494 e. The Balaban J connectivity index is 2.70. The highest BCUT2D eigenvalue weighted by Gasteiger charge is 2.52. The van der Waals surface area contributed by atoms with Crippen LogP contribution in [-0.4, -0.2) is 32.6 Å². The molecule has 0 spiro atoms. The molecular weight excluding hydrogens is 296 g/mol. The van der Waals surface area contributed by atoms with Crippen LogP contribution in [0.2, 0.25) is 0 Å². The molecule has 1 aromatic carbocycles. The topological polar surface area (TPSA) is 55.8 Å². The molecule has 0 aliphatic carbocycles. The number of likely N-dealkylation sites (N-methyl/N-ethyl adjacent to an activating group) is 1. The van der Waals surface area contributed by atoms with Crippen molar-refractivity contribution in [1.82, 2.24) is 0 Å². The number of anilines is 1. The molecule has 1 heterocycles. The number of alkyl halides is 2. The number of nitrogens with zero attached hydrogens (tertiary/aromatic N) is 1.